The predicted molar refractivity (Wildman–Crippen MR) is 70.4 cm³/mol. The van der Waals surface area contributed by atoms with E-state index in [2.05, 4.69) is 24.4 Å². The molecule has 0 spiro atoms. The molecule has 1 aromatic rings. The van der Waals surface area contributed by atoms with Gasteiger partial charge in [-0.15, -0.1) is 0 Å². The fraction of sp³-hybridized carbons (Fsp3) is 0.571. The SMILES string of the molecule is CCNCc1cccc(OCCCOCC)c1. The third-order valence-electron chi connectivity index (χ3n) is 2.38. The zero-order valence-corrected chi connectivity index (χ0v) is 10.9. The maximum atomic E-state index is 5.67. The summed E-state index contributed by atoms with van der Waals surface area (Å²) >= 11 is 0. The van der Waals surface area contributed by atoms with Crippen LogP contribution in [0, 0.1) is 0 Å². The zero-order valence-electron chi connectivity index (χ0n) is 10.9. The van der Waals surface area contributed by atoms with Gasteiger partial charge in [0.2, 0.25) is 0 Å². The molecule has 0 saturated heterocycles. The maximum Gasteiger partial charge on any atom is 0.119 e. The molecule has 0 amide bonds. The zero-order chi connectivity index (χ0) is 12.3. The van der Waals surface area contributed by atoms with E-state index in [0.29, 0.717) is 6.61 Å². The lowest BCUT2D eigenvalue weighted by atomic mass is 10.2. The van der Waals surface area contributed by atoms with E-state index in [1.165, 1.54) is 5.56 Å². The van der Waals surface area contributed by atoms with Gasteiger partial charge >= 0.3 is 0 Å². The molecule has 0 saturated carbocycles. The summed E-state index contributed by atoms with van der Waals surface area (Å²) in [6.45, 7) is 8.25. The molecule has 0 atom stereocenters. The Kier molecular flexibility index (Phi) is 7.43. The molecule has 0 heterocycles. The van der Waals surface area contributed by atoms with Crippen molar-refractivity contribution >= 4 is 0 Å². The Bertz CT molecular complexity index is 302. The van der Waals surface area contributed by atoms with Crippen molar-refractivity contribution in [1.82, 2.24) is 5.32 Å². The number of ether oxygens (including phenoxy) is 2. The van der Waals surface area contributed by atoms with Gasteiger partial charge in [-0.05, 0) is 31.2 Å². The third-order valence-corrected chi connectivity index (χ3v) is 2.38. The van der Waals surface area contributed by atoms with Crippen LogP contribution in [0.1, 0.15) is 25.8 Å². The Labute approximate surface area is 104 Å². The van der Waals surface area contributed by atoms with Gasteiger partial charge in [0.25, 0.3) is 0 Å². The van der Waals surface area contributed by atoms with Crippen LogP contribution in [-0.4, -0.2) is 26.4 Å². The molecule has 1 N–H and O–H groups in total. The summed E-state index contributed by atoms with van der Waals surface area (Å²) in [5.74, 6) is 0.942. The largest absolute Gasteiger partial charge is 0.493 e. The highest BCUT2D eigenvalue weighted by atomic mass is 16.5. The number of benzene rings is 1. The van der Waals surface area contributed by atoms with Crippen molar-refractivity contribution < 1.29 is 9.47 Å². The van der Waals surface area contributed by atoms with Gasteiger partial charge in [0.1, 0.15) is 5.75 Å². The molecular formula is C14H23NO2. The standard InChI is InChI=1S/C14H23NO2/c1-3-15-12-13-7-5-8-14(11-13)17-10-6-9-16-4-2/h5,7-8,11,15H,3-4,6,9-10,12H2,1-2H3. The molecule has 1 rings (SSSR count). The average molecular weight is 237 g/mol. The highest BCUT2D eigenvalue weighted by Gasteiger charge is 1.96. The first-order valence-corrected chi connectivity index (χ1v) is 6.37. The van der Waals surface area contributed by atoms with Crippen LogP contribution in [0.25, 0.3) is 0 Å². The van der Waals surface area contributed by atoms with Crippen molar-refractivity contribution in [3.05, 3.63) is 29.8 Å². The van der Waals surface area contributed by atoms with Gasteiger partial charge in [-0.25, -0.2) is 0 Å². The van der Waals surface area contributed by atoms with E-state index in [0.717, 1.165) is 38.5 Å². The molecule has 3 heteroatoms. The maximum absolute atomic E-state index is 5.67. The molecule has 17 heavy (non-hydrogen) atoms. The molecular weight excluding hydrogens is 214 g/mol. The summed E-state index contributed by atoms with van der Waals surface area (Å²) in [4.78, 5) is 0. The van der Waals surface area contributed by atoms with E-state index in [1.54, 1.807) is 0 Å². The fourth-order valence-electron chi connectivity index (χ4n) is 1.51. The van der Waals surface area contributed by atoms with Crippen molar-refractivity contribution in [3.8, 4) is 5.75 Å². The normalized spacial score (nSPS) is 10.5. The van der Waals surface area contributed by atoms with Crippen LogP contribution in [0.15, 0.2) is 24.3 Å². The van der Waals surface area contributed by atoms with Gasteiger partial charge in [0.05, 0.1) is 6.61 Å². The number of hydrogen-bond donors (Lipinski definition) is 1. The van der Waals surface area contributed by atoms with Gasteiger partial charge < -0.3 is 14.8 Å². The van der Waals surface area contributed by atoms with Crippen molar-refractivity contribution in [2.45, 2.75) is 26.8 Å². The number of hydrogen-bond acceptors (Lipinski definition) is 3. The second-order valence-electron chi connectivity index (χ2n) is 3.83. The van der Waals surface area contributed by atoms with Gasteiger partial charge in [0.15, 0.2) is 0 Å². The van der Waals surface area contributed by atoms with E-state index in [-0.39, 0.29) is 0 Å². The smallest absolute Gasteiger partial charge is 0.119 e. The van der Waals surface area contributed by atoms with E-state index >= 15 is 0 Å². The Morgan fingerprint density at radius 2 is 2.06 bits per heavy atom. The summed E-state index contributed by atoms with van der Waals surface area (Å²) in [7, 11) is 0. The molecule has 96 valence electrons. The van der Waals surface area contributed by atoms with Gasteiger partial charge in [-0.1, -0.05) is 19.1 Å². The summed E-state index contributed by atoms with van der Waals surface area (Å²) in [5.41, 5.74) is 1.26. The van der Waals surface area contributed by atoms with Gasteiger partial charge in [-0.2, -0.15) is 0 Å². The highest BCUT2D eigenvalue weighted by molar-refractivity contribution is 5.28. The van der Waals surface area contributed by atoms with Crippen LogP contribution < -0.4 is 10.1 Å². The van der Waals surface area contributed by atoms with E-state index < -0.39 is 0 Å². The second-order valence-corrected chi connectivity index (χ2v) is 3.83. The monoisotopic (exact) mass is 237 g/mol. The lowest BCUT2D eigenvalue weighted by Gasteiger charge is -2.08. The molecule has 0 fully saturated rings. The number of nitrogens with one attached hydrogen (secondary N) is 1. The van der Waals surface area contributed by atoms with E-state index in [4.69, 9.17) is 9.47 Å². The first kappa shape index (κ1) is 14.0. The molecule has 0 aromatic heterocycles. The molecule has 1 aromatic carbocycles. The van der Waals surface area contributed by atoms with Crippen LogP contribution in [-0.2, 0) is 11.3 Å². The Balaban J connectivity index is 2.27. The molecule has 0 aliphatic rings. The van der Waals surface area contributed by atoms with Crippen molar-refractivity contribution in [2.75, 3.05) is 26.4 Å². The third kappa shape index (κ3) is 6.29. The lowest BCUT2D eigenvalue weighted by Crippen LogP contribution is -2.11. The first-order valence-electron chi connectivity index (χ1n) is 6.37. The molecule has 0 aliphatic carbocycles. The second kappa shape index (κ2) is 9.02. The summed E-state index contributed by atoms with van der Waals surface area (Å²) in [5, 5.41) is 3.30. The molecule has 0 bridgehead atoms. The molecule has 0 radical (unpaired) electrons. The van der Waals surface area contributed by atoms with Gasteiger partial charge in [0, 0.05) is 26.2 Å². The van der Waals surface area contributed by atoms with Crippen LogP contribution in [0.3, 0.4) is 0 Å². The minimum absolute atomic E-state index is 0.713. The average Bonchev–Trinajstić information content (AvgIpc) is 2.37. The molecule has 0 aliphatic heterocycles. The Morgan fingerprint density at radius 1 is 1.18 bits per heavy atom. The minimum atomic E-state index is 0.713. The van der Waals surface area contributed by atoms with E-state index in [9.17, 15) is 0 Å². The quantitative estimate of drug-likeness (QED) is 0.670. The lowest BCUT2D eigenvalue weighted by molar-refractivity contribution is 0.131. The first-order chi connectivity index (χ1) is 8.36. The molecule has 3 nitrogen and oxygen atoms in total. The Morgan fingerprint density at radius 3 is 2.82 bits per heavy atom. The minimum Gasteiger partial charge on any atom is -0.493 e. The Hall–Kier alpha value is -1.06. The molecule has 0 unspecified atom stereocenters. The van der Waals surface area contributed by atoms with Crippen LogP contribution in [0.2, 0.25) is 0 Å². The van der Waals surface area contributed by atoms with Crippen molar-refractivity contribution in [1.29, 1.82) is 0 Å². The van der Waals surface area contributed by atoms with Crippen LogP contribution in [0.4, 0.5) is 0 Å². The van der Waals surface area contributed by atoms with Crippen LogP contribution in [0.5, 0.6) is 5.75 Å². The topological polar surface area (TPSA) is 30.5 Å². The van der Waals surface area contributed by atoms with Crippen LogP contribution >= 0.6 is 0 Å². The van der Waals surface area contributed by atoms with E-state index in [1.807, 2.05) is 19.1 Å². The summed E-state index contributed by atoms with van der Waals surface area (Å²) in [6, 6.07) is 8.22. The summed E-state index contributed by atoms with van der Waals surface area (Å²) in [6.07, 6.45) is 0.936. The summed E-state index contributed by atoms with van der Waals surface area (Å²) < 4.78 is 10.9. The predicted octanol–water partition coefficient (Wildman–Crippen LogP) is 2.60. The van der Waals surface area contributed by atoms with Crippen molar-refractivity contribution in [3.63, 3.8) is 0 Å². The van der Waals surface area contributed by atoms with Gasteiger partial charge in [-0.3, -0.25) is 0 Å². The fourth-order valence-corrected chi connectivity index (χ4v) is 1.51. The highest BCUT2D eigenvalue weighted by Crippen LogP contribution is 2.13. The number of rotatable bonds is 9. The van der Waals surface area contributed by atoms with Crippen molar-refractivity contribution in [2.24, 2.45) is 0 Å².